The Balaban J connectivity index is 1.30. The number of benzene rings is 1. The second-order valence-corrected chi connectivity index (χ2v) is 8.22. The second-order valence-electron chi connectivity index (χ2n) is 8.22. The molecule has 2 saturated heterocycles. The Bertz CT molecular complexity index is 795. The fourth-order valence-electron chi connectivity index (χ4n) is 4.48. The lowest BCUT2D eigenvalue weighted by atomic mass is 9.72. The number of rotatable bonds is 5. The summed E-state index contributed by atoms with van der Waals surface area (Å²) in [5.74, 6) is 0.302. The minimum atomic E-state index is 0.302. The van der Waals surface area contributed by atoms with Crippen LogP contribution < -0.4 is 0 Å². The lowest BCUT2D eigenvalue weighted by molar-refractivity contribution is -0.139. The van der Waals surface area contributed by atoms with Gasteiger partial charge in [-0.1, -0.05) is 42.5 Å². The summed E-state index contributed by atoms with van der Waals surface area (Å²) in [4.78, 5) is 21.1. The van der Waals surface area contributed by atoms with Crippen molar-refractivity contribution in [3.63, 3.8) is 0 Å². The number of likely N-dealkylation sites (tertiary alicyclic amines) is 2. The fraction of sp³-hybridized carbons (Fsp3) is 0.417. The molecule has 3 heterocycles. The maximum Gasteiger partial charge on any atom is 0.222 e. The highest BCUT2D eigenvalue weighted by Gasteiger charge is 2.40. The number of nitrogens with zero attached hydrogens (tertiary/aromatic N) is 3. The van der Waals surface area contributed by atoms with E-state index in [1.165, 1.54) is 24.0 Å². The molecule has 146 valence electrons. The number of carbonyl (C=O) groups excluding carboxylic acids is 1. The number of amides is 1. The summed E-state index contributed by atoms with van der Waals surface area (Å²) in [6.07, 6.45) is 12.2. The Morgan fingerprint density at radius 1 is 1.00 bits per heavy atom. The number of carbonyl (C=O) groups is 1. The number of pyridine rings is 1. The standard InChI is InChI=1S/C24H29N3O/c28-23-8-11-24(20-27(23)19-22-9-14-25-15-10-22)12-17-26(18-13-24)16-4-7-21-5-2-1-3-6-21/h1-7,9-10,14-15H,8,11-13,16-20H2/b7-4+. The van der Waals surface area contributed by atoms with Gasteiger partial charge in [-0.2, -0.15) is 0 Å². The van der Waals surface area contributed by atoms with E-state index in [1.54, 1.807) is 12.4 Å². The normalized spacial score (nSPS) is 20.1. The van der Waals surface area contributed by atoms with Crippen molar-refractivity contribution < 1.29 is 4.79 Å². The molecule has 4 nitrogen and oxygen atoms in total. The topological polar surface area (TPSA) is 36.4 Å². The third-order valence-electron chi connectivity index (χ3n) is 6.26. The van der Waals surface area contributed by atoms with E-state index in [1.807, 2.05) is 18.2 Å². The minimum Gasteiger partial charge on any atom is -0.338 e. The molecule has 4 heteroatoms. The molecule has 1 aromatic carbocycles. The van der Waals surface area contributed by atoms with Crippen molar-refractivity contribution in [1.29, 1.82) is 0 Å². The van der Waals surface area contributed by atoms with Crippen LogP contribution in [0, 0.1) is 5.41 Å². The van der Waals surface area contributed by atoms with Crippen LogP contribution in [-0.2, 0) is 11.3 Å². The van der Waals surface area contributed by atoms with Crippen LogP contribution in [0.25, 0.3) is 6.08 Å². The van der Waals surface area contributed by atoms with Crippen molar-refractivity contribution in [1.82, 2.24) is 14.8 Å². The van der Waals surface area contributed by atoms with Crippen molar-refractivity contribution in [2.45, 2.75) is 32.2 Å². The van der Waals surface area contributed by atoms with E-state index < -0.39 is 0 Å². The van der Waals surface area contributed by atoms with E-state index in [9.17, 15) is 4.79 Å². The SMILES string of the molecule is O=C1CCC2(CCN(C/C=C/c3ccccc3)CC2)CN1Cc1ccncc1. The van der Waals surface area contributed by atoms with Crippen molar-refractivity contribution in [3.8, 4) is 0 Å². The molecule has 0 bridgehead atoms. The first-order valence-corrected chi connectivity index (χ1v) is 10.3. The molecule has 1 spiro atoms. The molecule has 0 N–H and O–H groups in total. The molecule has 0 saturated carbocycles. The highest BCUT2D eigenvalue weighted by Crippen LogP contribution is 2.40. The van der Waals surface area contributed by atoms with E-state index in [-0.39, 0.29) is 0 Å². The molecule has 1 amide bonds. The van der Waals surface area contributed by atoms with Crippen LogP contribution in [0.1, 0.15) is 36.8 Å². The van der Waals surface area contributed by atoms with Gasteiger partial charge in [-0.05, 0) is 61.0 Å². The first-order valence-electron chi connectivity index (χ1n) is 10.3. The Kier molecular flexibility index (Phi) is 5.87. The molecule has 2 aliphatic rings. The largest absolute Gasteiger partial charge is 0.338 e. The van der Waals surface area contributed by atoms with Gasteiger partial charge >= 0.3 is 0 Å². The zero-order valence-electron chi connectivity index (χ0n) is 16.5. The predicted molar refractivity (Wildman–Crippen MR) is 112 cm³/mol. The van der Waals surface area contributed by atoms with E-state index >= 15 is 0 Å². The van der Waals surface area contributed by atoms with Gasteiger partial charge in [0.05, 0.1) is 0 Å². The summed E-state index contributed by atoms with van der Waals surface area (Å²) in [7, 11) is 0. The summed E-state index contributed by atoms with van der Waals surface area (Å²) < 4.78 is 0. The molecule has 2 aliphatic heterocycles. The predicted octanol–water partition coefficient (Wildman–Crippen LogP) is 4.00. The van der Waals surface area contributed by atoms with Crippen LogP contribution in [-0.4, -0.2) is 46.9 Å². The number of piperidine rings is 2. The van der Waals surface area contributed by atoms with Crippen molar-refractivity contribution in [2.24, 2.45) is 5.41 Å². The third-order valence-corrected chi connectivity index (χ3v) is 6.26. The lowest BCUT2D eigenvalue weighted by Crippen LogP contribution is -2.51. The van der Waals surface area contributed by atoms with E-state index in [2.05, 4.69) is 51.2 Å². The van der Waals surface area contributed by atoms with Gasteiger partial charge < -0.3 is 4.90 Å². The molecule has 2 fully saturated rings. The molecule has 0 unspecified atom stereocenters. The Hall–Kier alpha value is -2.46. The Labute approximate surface area is 167 Å². The number of hydrogen-bond donors (Lipinski definition) is 0. The van der Waals surface area contributed by atoms with Crippen LogP contribution in [0.15, 0.2) is 60.9 Å². The smallest absolute Gasteiger partial charge is 0.222 e. The quantitative estimate of drug-likeness (QED) is 0.793. The highest BCUT2D eigenvalue weighted by molar-refractivity contribution is 5.77. The number of hydrogen-bond acceptors (Lipinski definition) is 3. The Morgan fingerprint density at radius 3 is 2.50 bits per heavy atom. The molecular weight excluding hydrogens is 346 g/mol. The molecule has 0 radical (unpaired) electrons. The van der Waals surface area contributed by atoms with Gasteiger partial charge in [0.25, 0.3) is 0 Å². The first kappa shape index (κ1) is 18.9. The van der Waals surface area contributed by atoms with Crippen LogP contribution >= 0.6 is 0 Å². The van der Waals surface area contributed by atoms with Gasteiger partial charge in [0.1, 0.15) is 0 Å². The maximum atomic E-state index is 12.5. The second kappa shape index (κ2) is 8.70. The third kappa shape index (κ3) is 4.68. The summed E-state index contributed by atoms with van der Waals surface area (Å²) in [5.41, 5.74) is 2.73. The van der Waals surface area contributed by atoms with Crippen LogP contribution in [0.4, 0.5) is 0 Å². The van der Waals surface area contributed by atoms with Crippen molar-refractivity contribution in [3.05, 3.63) is 72.1 Å². The average Bonchev–Trinajstić information content (AvgIpc) is 2.74. The lowest BCUT2D eigenvalue weighted by Gasteiger charge is -2.47. The zero-order chi connectivity index (χ0) is 19.2. The monoisotopic (exact) mass is 375 g/mol. The molecule has 0 aliphatic carbocycles. The van der Waals surface area contributed by atoms with Crippen molar-refractivity contribution in [2.75, 3.05) is 26.2 Å². The van der Waals surface area contributed by atoms with Crippen LogP contribution in [0.5, 0.6) is 0 Å². The Morgan fingerprint density at radius 2 is 1.75 bits per heavy atom. The summed E-state index contributed by atoms with van der Waals surface area (Å²) in [6.45, 7) is 4.87. The van der Waals surface area contributed by atoms with Gasteiger partial charge in [0, 0.05) is 38.4 Å². The summed E-state index contributed by atoms with van der Waals surface area (Å²) >= 11 is 0. The van der Waals surface area contributed by atoms with Gasteiger partial charge in [-0.15, -0.1) is 0 Å². The van der Waals surface area contributed by atoms with E-state index in [4.69, 9.17) is 0 Å². The van der Waals surface area contributed by atoms with Gasteiger partial charge in [-0.25, -0.2) is 0 Å². The van der Waals surface area contributed by atoms with E-state index in [0.717, 1.165) is 32.6 Å². The van der Waals surface area contributed by atoms with Gasteiger partial charge in [0.15, 0.2) is 0 Å². The number of aromatic nitrogens is 1. The van der Waals surface area contributed by atoms with Gasteiger partial charge in [0.2, 0.25) is 5.91 Å². The molecule has 1 aromatic heterocycles. The maximum absolute atomic E-state index is 12.5. The summed E-state index contributed by atoms with van der Waals surface area (Å²) in [6, 6.07) is 14.5. The van der Waals surface area contributed by atoms with Gasteiger partial charge in [-0.3, -0.25) is 14.7 Å². The fourth-order valence-corrected chi connectivity index (χ4v) is 4.48. The molecular formula is C24H29N3O. The highest BCUT2D eigenvalue weighted by atomic mass is 16.2. The van der Waals surface area contributed by atoms with Crippen LogP contribution in [0.2, 0.25) is 0 Å². The first-order chi connectivity index (χ1) is 13.7. The molecule has 0 atom stereocenters. The van der Waals surface area contributed by atoms with E-state index in [0.29, 0.717) is 24.3 Å². The zero-order valence-corrected chi connectivity index (χ0v) is 16.5. The summed E-state index contributed by atoms with van der Waals surface area (Å²) in [5, 5.41) is 0. The molecule has 4 rings (SSSR count). The molecule has 28 heavy (non-hydrogen) atoms. The molecule has 2 aromatic rings. The van der Waals surface area contributed by atoms with Crippen molar-refractivity contribution >= 4 is 12.0 Å². The minimum absolute atomic E-state index is 0.302. The average molecular weight is 376 g/mol. The van der Waals surface area contributed by atoms with Crippen LogP contribution in [0.3, 0.4) is 0 Å².